The number of esters is 1. The fourth-order valence-corrected chi connectivity index (χ4v) is 7.32. The van der Waals surface area contributed by atoms with Gasteiger partial charge in [-0.2, -0.15) is 0 Å². The summed E-state index contributed by atoms with van der Waals surface area (Å²) in [5.74, 6) is -4.63. The number of aliphatic carboxylic acids is 2. The number of aliphatic hydroxyl groups excluding tert-OH is 1. The van der Waals surface area contributed by atoms with Crippen LogP contribution < -0.4 is 16.4 Å². The first-order valence-corrected chi connectivity index (χ1v) is 16.2. The number of aliphatic hydroxyl groups is 1. The van der Waals surface area contributed by atoms with E-state index in [1.807, 2.05) is 23.5 Å². The van der Waals surface area contributed by atoms with E-state index < -0.39 is 48.0 Å². The number of ether oxygens (including phenoxy) is 1. The van der Waals surface area contributed by atoms with E-state index in [4.69, 9.17) is 20.7 Å². The Morgan fingerprint density at radius 1 is 1.04 bits per heavy atom. The Bertz CT molecular complexity index is 1340. The second-order valence-corrected chi connectivity index (χ2v) is 12.9. The Morgan fingerprint density at radius 3 is 2.44 bits per heavy atom. The molecular formula is C31H40N4O9S. The number of aromatic nitrogens is 1. The minimum atomic E-state index is -2.19. The number of rotatable bonds is 13. The molecule has 7 N–H and O–H groups in total. The molecule has 0 saturated heterocycles. The van der Waals surface area contributed by atoms with Gasteiger partial charge >= 0.3 is 17.9 Å². The number of nitrogens with two attached hydrogens (primary N) is 1. The molecule has 0 saturated carbocycles. The van der Waals surface area contributed by atoms with Crippen molar-refractivity contribution in [2.24, 2.45) is 17.6 Å². The first-order chi connectivity index (χ1) is 21.5. The van der Waals surface area contributed by atoms with Gasteiger partial charge in [-0.3, -0.25) is 24.2 Å². The average Bonchev–Trinajstić information content (AvgIpc) is 3.34. The van der Waals surface area contributed by atoms with E-state index in [9.17, 15) is 29.1 Å². The molecular weight excluding hydrogens is 604 g/mol. The van der Waals surface area contributed by atoms with Crippen LogP contribution >= 0.6 is 11.8 Å². The highest BCUT2D eigenvalue weighted by molar-refractivity contribution is 8.00. The lowest BCUT2D eigenvalue weighted by Crippen LogP contribution is -2.53. The largest absolute Gasteiger partial charge is 0.480 e. The third-order valence-electron chi connectivity index (χ3n) is 8.30. The van der Waals surface area contributed by atoms with E-state index in [1.54, 1.807) is 12.4 Å². The summed E-state index contributed by atoms with van der Waals surface area (Å²) in [5, 5.41) is 32.0. The molecule has 244 valence electrons. The summed E-state index contributed by atoms with van der Waals surface area (Å²) >= 11 is 1.31. The van der Waals surface area contributed by atoms with Gasteiger partial charge in [0.05, 0.1) is 5.25 Å². The molecule has 45 heavy (non-hydrogen) atoms. The van der Waals surface area contributed by atoms with E-state index in [2.05, 4.69) is 10.3 Å². The summed E-state index contributed by atoms with van der Waals surface area (Å²) in [6.07, 6.45) is 9.92. The molecule has 6 atom stereocenters. The van der Waals surface area contributed by atoms with Crippen LogP contribution in [0.3, 0.4) is 0 Å². The topological polar surface area (TPSA) is 218 Å². The first-order valence-electron chi connectivity index (χ1n) is 15.2. The van der Waals surface area contributed by atoms with Crippen LogP contribution in [-0.2, 0) is 35.1 Å². The fourth-order valence-electron chi connectivity index (χ4n) is 5.99. The number of thioether (sulfide) groups is 1. The fraction of sp³-hybridized carbons (Fsp3) is 0.548. The standard InChI is InChI=1S/C31H40N4O9S/c32-21(29(39)40)7-8-24(36)34-22(27(37)35-28(38)30(41)42)16-45-23-6-4-2-1-3-5-19-14-18(13-17-9-11-33-12-10-17)15-20-25(19)26(23)44-31(20)43/h9-12,15,19-23,28,38H,1-8,13-14,16,32H2,(H,34,36)(H,35,37)(H,39,40)(H,41,42). The second-order valence-electron chi connectivity index (χ2n) is 11.6. The predicted octanol–water partition coefficient (Wildman–Crippen LogP) is 1.65. The number of carboxylic acids is 2. The zero-order valence-electron chi connectivity index (χ0n) is 24.9. The molecule has 4 rings (SSSR count). The smallest absolute Gasteiger partial charge is 0.353 e. The molecule has 13 nitrogen and oxygen atoms in total. The summed E-state index contributed by atoms with van der Waals surface area (Å²) in [6, 6.07) is 1.40. The number of carboxylic acid groups (broad SMARTS) is 2. The van der Waals surface area contributed by atoms with Crippen molar-refractivity contribution >= 4 is 41.5 Å². The van der Waals surface area contributed by atoms with Crippen molar-refractivity contribution in [3.63, 3.8) is 0 Å². The Kier molecular flexibility index (Phi) is 12.1. The van der Waals surface area contributed by atoms with Gasteiger partial charge in [0.15, 0.2) is 0 Å². The van der Waals surface area contributed by atoms with E-state index in [0.29, 0.717) is 12.2 Å². The lowest BCUT2D eigenvalue weighted by Gasteiger charge is -2.30. The summed E-state index contributed by atoms with van der Waals surface area (Å²) in [4.78, 5) is 65.1. The SMILES string of the molecule is NC(CCC(=O)NC(CSC1CCCCCCC2CC(Cc3ccncc3)=CC3C(=O)OC1=C23)C(=O)NC(O)C(=O)O)C(=O)O. The van der Waals surface area contributed by atoms with Gasteiger partial charge < -0.3 is 36.4 Å². The van der Waals surface area contributed by atoms with Crippen molar-refractivity contribution in [2.75, 3.05) is 5.75 Å². The number of carbonyl (C=O) groups excluding carboxylic acids is 3. The number of carbonyl (C=O) groups is 5. The van der Waals surface area contributed by atoms with E-state index in [-0.39, 0.29) is 35.7 Å². The van der Waals surface area contributed by atoms with Crippen LogP contribution in [0.1, 0.15) is 63.4 Å². The van der Waals surface area contributed by atoms with Crippen molar-refractivity contribution in [2.45, 2.75) is 87.8 Å². The molecule has 1 aromatic heterocycles. The van der Waals surface area contributed by atoms with Crippen LogP contribution in [0.2, 0.25) is 0 Å². The van der Waals surface area contributed by atoms with Crippen LogP contribution in [0.4, 0.5) is 0 Å². The van der Waals surface area contributed by atoms with Crippen molar-refractivity contribution < 1.29 is 44.0 Å². The number of nitrogens with one attached hydrogen (secondary N) is 2. The highest BCUT2D eigenvalue weighted by atomic mass is 32.2. The molecule has 0 spiro atoms. The van der Waals surface area contributed by atoms with Gasteiger partial charge in [-0.25, -0.2) is 4.79 Å². The van der Waals surface area contributed by atoms with E-state index in [1.165, 1.54) is 17.3 Å². The number of hydrogen-bond donors (Lipinski definition) is 6. The molecule has 0 radical (unpaired) electrons. The quantitative estimate of drug-likeness (QED) is 0.103. The van der Waals surface area contributed by atoms with Gasteiger partial charge in [0, 0.05) is 24.6 Å². The highest BCUT2D eigenvalue weighted by Gasteiger charge is 2.44. The zero-order chi connectivity index (χ0) is 32.5. The minimum absolute atomic E-state index is 0.0215. The minimum Gasteiger partial charge on any atom is -0.480 e. The molecule has 2 aliphatic carbocycles. The Morgan fingerprint density at radius 2 is 1.76 bits per heavy atom. The molecule has 0 bridgehead atoms. The van der Waals surface area contributed by atoms with E-state index >= 15 is 0 Å². The maximum Gasteiger partial charge on any atom is 0.353 e. The lowest BCUT2D eigenvalue weighted by molar-refractivity contribution is -0.151. The van der Waals surface area contributed by atoms with Gasteiger partial charge in [0.25, 0.3) is 0 Å². The molecule has 1 aliphatic heterocycles. The van der Waals surface area contributed by atoms with Gasteiger partial charge in [-0.15, -0.1) is 11.8 Å². The number of pyridine rings is 1. The number of nitrogens with zero attached hydrogens (tertiary/aromatic N) is 1. The number of allylic oxidation sites excluding steroid dienone is 1. The highest BCUT2D eigenvalue weighted by Crippen LogP contribution is 2.47. The molecule has 1 aromatic rings. The van der Waals surface area contributed by atoms with Crippen LogP contribution in [0.25, 0.3) is 0 Å². The maximum absolute atomic E-state index is 13.3. The van der Waals surface area contributed by atoms with Gasteiger partial charge in [-0.1, -0.05) is 37.3 Å². The molecule has 0 fully saturated rings. The Balaban J connectivity index is 1.55. The van der Waals surface area contributed by atoms with Crippen molar-refractivity contribution in [3.8, 4) is 0 Å². The van der Waals surface area contributed by atoms with Crippen LogP contribution in [0, 0.1) is 11.8 Å². The third kappa shape index (κ3) is 9.38. The first kappa shape index (κ1) is 34.1. The molecule has 0 aromatic carbocycles. The predicted molar refractivity (Wildman–Crippen MR) is 163 cm³/mol. The van der Waals surface area contributed by atoms with Crippen molar-refractivity contribution in [3.05, 3.63) is 53.1 Å². The maximum atomic E-state index is 13.3. The van der Waals surface area contributed by atoms with Crippen LogP contribution in [0.5, 0.6) is 0 Å². The molecule has 2 amide bonds. The average molecular weight is 645 g/mol. The molecule has 6 unspecified atom stereocenters. The lowest BCUT2D eigenvalue weighted by atomic mass is 9.74. The summed E-state index contributed by atoms with van der Waals surface area (Å²) in [7, 11) is 0. The Labute approximate surface area is 265 Å². The normalized spacial score (nSPS) is 23.5. The Hall–Kier alpha value is -3.75. The van der Waals surface area contributed by atoms with Crippen LogP contribution in [-0.4, -0.2) is 79.3 Å². The monoisotopic (exact) mass is 644 g/mol. The molecule has 14 heteroatoms. The van der Waals surface area contributed by atoms with Gasteiger partial charge in [0.1, 0.15) is 23.8 Å². The summed E-state index contributed by atoms with van der Waals surface area (Å²) in [6.45, 7) is 0. The number of amides is 2. The molecule has 2 heterocycles. The zero-order valence-corrected chi connectivity index (χ0v) is 25.7. The van der Waals surface area contributed by atoms with Crippen molar-refractivity contribution in [1.29, 1.82) is 0 Å². The van der Waals surface area contributed by atoms with Crippen LogP contribution in [0.15, 0.2) is 47.5 Å². The van der Waals surface area contributed by atoms with E-state index in [0.717, 1.165) is 56.1 Å². The second kappa shape index (κ2) is 16.0. The summed E-state index contributed by atoms with van der Waals surface area (Å²) in [5.41, 5.74) is 8.77. The van der Waals surface area contributed by atoms with Gasteiger partial charge in [0.2, 0.25) is 18.0 Å². The molecule has 3 aliphatic rings. The van der Waals surface area contributed by atoms with Crippen molar-refractivity contribution in [1.82, 2.24) is 15.6 Å². The van der Waals surface area contributed by atoms with Gasteiger partial charge in [-0.05, 0) is 61.3 Å². The summed E-state index contributed by atoms with van der Waals surface area (Å²) < 4.78 is 5.97. The number of hydrogen-bond acceptors (Lipinski definition) is 10. The third-order valence-corrected chi connectivity index (χ3v) is 9.68.